The lowest BCUT2D eigenvalue weighted by atomic mass is 10.2. The largest absolute Gasteiger partial charge is 0.414 e. The van der Waals surface area contributed by atoms with Gasteiger partial charge in [0.1, 0.15) is 11.5 Å². The maximum Gasteiger partial charge on any atom is 0.399 e. The van der Waals surface area contributed by atoms with Gasteiger partial charge in [-0.1, -0.05) is 18.2 Å². The van der Waals surface area contributed by atoms with Crippen LogP contribution in [0.1, 0.15) is 11.3 Å². The molecule has 0 saturated heterocycles. The Morgan fingerprint density at radius 2 is 2.00 bits per heavy atom. The molecule has 1 aromatic heterocycles. The van der Waals surface area contributed by atoms with Crippen molar-refractivity contribution in [3.8, 4) is 11.8 Å². The van der Waals surface area contributed by atoms with E-state index in [1.807, 2.05) is 38.1 Å². The fourth-order valence-corrected chi connectivity index (χ4v) is 1.15. The molecule has 0 unspecified atom stereocenters. The van der Waals surface area contributed by atoms with E-state index in [4.69, 9.17) is 9.15 Å². The second-order valence-corrected chi connectivity index (χ2v) is 3.10. The summed E-state index contributed by atoms with van der Waals surface area (Å²) in [5.41, 5.74) is 1.06. The van der Waals surface area contributed by atoms with Crippen molar-refractivity contribution < 1.29 is 9.15 Å². The summed E-state index contributed by atoms with van der Waals surface area (Å²) in [4.78, 5) is 3.96. The van der Waals surface area contributed by atoms with E-state index in [2.05, 4.69) is 4.98 Å². The highest BCUT2D eigenvalue weighted by Crippen LogP contribution is 2.23. The Kier molecular flexibility index (Phi) is 2.23. The summed E-state index contributed by atoms with van der Waals surface area (Å²) < 4.78 is 10.7. The summed E-state index contributed by atoms with van der Waals surface area (Å²) >= 11 is 0. The second kappa shape index (κ2) is 3.54. The van der Waals surface area contributed by atoms with Crippen LogP contribution >= 0.6 is 0 Å². The Hall–Kier alpha value is -1.77. The highest BCUT2D eigenvalue weighted by Gasteiger charge is 2.04. The summed E-state index contributed by atoms with van der Waals surface area (Å²) in [6.45, 7) is 3.81. The first-order valence-corrected chi connectivity index (χ1v) is 4.41. The fourth-order valence-electron chi connectivity index (χ4n) is 1.15. The van der Waals surface area contributed by atoms with Crippen molar-refractivity contribution in [2.24, 2.45) is 0 Å². The Morgan fingerprint density at radius 1 is 1.21 bits per heavy atom. The molecule has 3 nitrogen and oxygen atoms in total. The van der Waals surface area contributed by atoms with Crippen molar-refractivity contribution in [3.63, 3.8) is 0 Å². The Balaban J connectivity index is 2.23. The summed E-state index contributed by atoms with van der Waals surface area (Å²) in [6.07, 6.45) is 1.92. The highest BCUT2D eigenvalue weighted by atomic mass is 16.6. The highest BCUT2D eigenvalue weighted by molar-refractivity contribution is 5.33. The number of aryl methyl sites for hydroxylation is 2. The number of nitrogens with zero attached hydrogens (tertiary/aromatic N) is 1. The van der Waals surface area contributed by atoms with E-state index in [1.54, 1.807) is 6.20 Å². The number of rotatable bonds is 2. The number of benzene rings is 1. The van der Waals surface area contributed by atoms with Gasteiger partial charge in [0.2, 0.25) is 0 Å². The molecule has 0 atom stereocenters. The topological polar surface area (TPSA) is 35.3 Å². The maximum absolute atomic E-state index is 5.45. The molecular formula is C11H11NO2. The third-order valence-electron chi connectivity index (χ3n) is 1.89. The van der Waals surface area contributed by atoms with Gasteiger partial charge in [0.05, 0.1) is 6.20 Å². The van der Waals surface area contributed by atoms with E-state index in [9.17, 15) is 0 Å². The van der Waals surface area contributed by atoms with Crippen molar-refractivity contribution in [2.75, 3.05) is 0 Å². The zero-order valence-corrected chi connectivity index (χ0v) is 8.15. The van der Waals surface area contributed by atoms with E-state index >= 15 is 0 Å². The van der Waals surface area contributed by atoms with Crippen molar-refractivity contribution in [3.05, 3.63) is 41.8 Å². The number of ether oxygens (including phenoxy) is 1. The maximum atomic E-state index is 5.45. The lowest BCUT2D eigenvalue weighted by molar-refractivity contribution is 0.321. The second-order valence-electron chi connectivity index (χ2n) is 3.10. The average molecular weight is 189 g/mol. The molecule has 3 heteroatoms. The number of oxazole rings is 1. The summed E-state index contributed by atoms with van der Waals surface area (Å²) in [7, 11) is 0. The first-order valence-electron chi connectivity index (χ1n) is 4.41. The zero-order valence-electron chi connectivity index (χ0n) is 8.15. The van der Waals surface area contributed by atoms with Crippen LogP contribution in [0.4, 0.5) is 0 Å². The van der Waals surface area contributed by atoms with Crippen LogP contribution in [0.25, 0.3) is 0 Å². The van der Waals surface area contributed by atoms with Gasteiger partial charge in [-0.05, 0) is 25.5 Å². The molecule has 0 N–H and O–H groups in total. The molecule has 0 aliphatic rings. The molecule has 0 spiro atoms. The van der Waals surface area contributed by atoms with Gasteiger partial charge in [-0.25, -0.2) is 0 Å². The third kappa shape index (κ3) is 1.76. The predicted octanol–water partition coefficient (Wildman–Crippen LogP) is 3.08. The van der Waals surface area contributed by atoms with Crippen molar-refractivity contribution in [1.82, 2.24) is 4.98 Å². The number of aromatic nitrogens is 1. The van der Waals surface area contributed by atoms with E-state index in [1.165, 1.54) is 0 Å². The first kappa shape index (κ1) is 8.81. The number of hydrogen-bond acceptors (Lipinski definition) is 3. The van der Waals surface area contributed by atoms with Gasteiger partial charge in [-0.3, -0.25) is 0 Å². The van der Waals surface area contributed by atoms with Gasteiger partial charge in [-0.2, -0.15) is 4.98 Å². The molecule has 2 rings (SSSR count). The zero-order chi connectivity index (χ0) is 9.97. The van der Waals surface area contributed by atoms with E-state index in [0.717, 1.165) is 17.1 Å². The van der Waals surface area contributed by atoms with Gasteiger partial charge in [0.25, 0.3) is 0 Å². The molecule has 0 saturated carbocycles. The van der Waals surface area contributed by atoms with E-state index in [-0.39, 0.29) is 6.08 Å². The Bertz CT molecular complexity index is 434. The fraction of sp³-hybridized carbons (Fsp3) is 0.182. The van der Waals surface area contributed by atoms with E-state index in [0.29, 0.717) is 0 Å². The van der Waals surface area contributed by atoms with Crippen LogP contribution in [0, 0.1) is 13.8 Å². The summed E-state index contributed by atoms with van der Waals surface area (Å²) in [6, 6.07) is 7.74. The molecule has 1 aromatic carbocycles. The summed E-state index contributed by atoms with van der Waals surface area (Å²) in [5.74, 6) is 1.52. The van der Waals surface area contributed by atoms with Gasteiger partial charge in [-0.15, -0.1) is 0 Å². The first-order chi connectivity index (χ1) is 6.75. The average Bonchev–Trinajstić information content (AvgIpc) is 2.56. The number of hydrogen-bond donors (Lipinski definition) is 0. The smallest absolute Gasteiger partial charge is 0.399 e. The van der Waals surface area contributed by atoms with Crippen LogP contribution in [-0.2, 0) is 0 Å². The van der Waals surface area contributed by atoms with Crippen LogP contribution in [0.2, 0.25) is 0 Å². The molecule has 0 fully saturated rings. The quantitative estimate of drug-likeness (QED) is 0.728. The molecule has 1 heterocycles. The lowest BCUT2D eigenvalue weighted by Gasteiger charge is -2.02. The molecule has 0 radical (unpaired) electrons. The van der Waals surface area contributed by atoms with Crippen molar-refractivity contribution in [1.29, 1.82) is 0 Å². The van der Waals surface area contributed by atoms with Gasteiger partial charge < -0.3 is 9.15 Å². The molecule has 0 aliphatic carbocycles. The molecular weight excluding hydrogens is 178 g/mol. The van der Waals surface area contributed by atoms with Crippen LogP contribution in [0.3, 0.4) is 0 Å². The normalized spacial score (nSPS) is 10.1. The van der Waals surface area contributed by atoms with Crippen LogP contribution in [0.5, 0.6) is 11.8 Å². The van der Waals surface area contributed by atoms with E-state index < -0.39 is 0 Å². The minimum Gasteiger partial charge on any atom is -0.414 e. The molecule has 0 aliphatic heterocycles. The molecule has 72 valence electrons. The molecule has 2 aromatic rings. The van der Waals surface area contributed by atoms with Crippen molar-refractivity contribution >= 4 is 0 Å². The third-order valence-corrected chi connectivity index (χ3v) is 1.89. The summed E-state index contributed by atoms with van der Waals surface area (Å²) in [5, 5.41) is 0. The van der Waals surface area contributed by atoms with Gasteiger partial charge in [0, 0.05) is 0 Å². The lowest BCUT2D eigenvalue weighted by Crippen LogP contribution is -1.86. The molecule has 14 heavy (non-hydrogen) atoms. The Labute approximate surface area is 82.3 Å². The predicted molar refractivity (Wildman–Crippen MR) is 52.5 cm³/mol. The monoisotopic (exact) mass is 189 g/mol. The molecule has 0 amide bonds. The van der Waals surface area contributed by atoms with Crippen molar-refractivity contribution in [2.45, 2.75) is 13.8 Å². The molecule has 0 bridgehead atoms. The number of para-hydroxylation sites is 1. The van der Waals surface area contributed by atoms with Gasteiger partial charge >= 0.3 is 6.08 Å². The minimum atomic E-state index is 0.289. The van der Waals surface area contributed by atoms with Crippen LogP contribution in [-0.4, -0.2) is 4.98 Å². The SMILES string of the molecule is Cc1cnc(Oc2ccccc2C)o1. The Morgan fingerprint density at radius 3 is 2.64 bits per heavy atom. The van der Waals surface area contributed by atoms with Gasteiger partial charge in [0.15, 0.2) is 0 Å². The van der Waals surface area contributed by atoms with Crippen LogP contribution in [0.15, 0.2) is 34.9 Å². The standard InChI is InChI=1S/C11H11NO2/c1-8-5-3-4-6-10(8)14-11-12-7-9(2)13-11/h3-7H,1-2H3. The minimum absolute atomic E-state index is 0.289. The van der Waals surface area contributed by atoms with Crippen LogP contribution < -0.4 is 4.74 Å².